The fraction of sp³-hybridized carbons (Fsp3) is 0.500. The van der Waals surface area contributed by atoms with Crippen molar-refractivity contribution < 1.29 is 4.79 Å². The van der Waals surface area contributed by atoms with Gasteiger partial charge in [-0.1, -0.05) is 43.5 Å². The number of aromatic nitrogens is 2. The van der Waals surface area contributed by atoms with E-state index in [0.717, 1.165) is 19.3 Å². The van der Waals surface area contributed by atoms with Gasteiger partial charge >= 0.3 is 0 Å². The molecular weight excluding hydrogens is 338 g/mol. The first-order valence-corrected chi connectivity index (χ1v) is 10.2. The number of carbonyl (C=O) groups excluding carboxylic acids is 1. The summed E-state index contributed by atoms with van der Waals surface area (Å²) in [7, 11) is 0. The van der Waals surface area contributed by atoms with Gasteiger partial charge in [0.25, 0.3) is 5.56 Å². The van der Waals surface area contributed by atoms with Gasteiger partial charge in [0, 0.05) is 12.0 Å². The van der Waals surface area contributed by atoms with E-state index in [0.29, 0.717) is 22.8 Å². The standard InChI is InChI=1S/C22H25N3O2/c26-21-16-8-4-5-9-17(16)24-20(25-21)18-13-10-11-14(12-13)19(18)22(27)23-15-6-2-1-3-7-15/h4-5,8-11,13-15,18-19H,1-3,6-7,12H2,(H,23,27)(H,24,25,26)/t13-,14+,18+,19+/m1/s1. The molecule has 140 valence electrons. The fourth-order valence-electron chi connectivity index (χ4n) is 5.36. The molecule has 2 bridgehead atoms. The first kappa shape index (κ1) is 16.7. The van der Waals surface area contributed by atoms with Crippen LogP contribution in [0.4, 0.5) is 0 Å². The molecule has 1 aromatic heterocycles. The molecule has 5 nitrogen and oxygen atoms in total. The number of nitrogens with one attached hydrogen (secondary N) is 2. The Morgan fingerprint density at radius 3 is 2.70 bits per heavy atom. The number of amides is 1. The second-order valence-corrected chi connectivity index (χ2v) is 8.31. The molecule has 0 saturated heterocycles. The highest BCUT2D eigenvalue weighted by molar-refractivity contribution is 5.82. The predicted octanol–water partition coefficient (Wildman–Crippen LogP) is 3.28. The summed E-state index contributed by atoms with van der Waals surface area (Å²) >= 11 is 0. The van der Waals surface area contributed by atoms with Crippen molar-refractivity contribution in [2.45, 2.75) is 50.5 Å². The van der Waals surface area contributed by atoms with E-state index >= 15 is 0 Å². The van der Waals surface area contributed by atoms with E-state index < -0.39 is 0 Å². The summed E-state index contributed by atoms with van der Waals surface area (Å²) in [6.45, 7) is 0. The van der Waals surface area contributed by atoms with Gasteiger partial charge in [-0.3, -0.25) is 9.59 Å². The van der Waals surface area contributed by atoms with Crippen molar-refractivity contribution in [2.75, 3.05) is 0 Å². The lowest BCUT2D eigenvalue weighted by molar-refractivity contribution is -0.127. The largest absolute Gasteiger partial charge is 0.353 e. The summed E-state index contributed by atoms with van der Waals surface area (Å²) < 4.78 is 0. The average molecular weight is 363 g/mol. The number of benzene rings is 1. The van der Waals surface area contributed by atoms with Crippen LogP contribution >= 0.6 is 0 Å². The number of aromatic amines is 1. The van der Waals surface area contributed by atoms with E-state index in [-0.39, 0.29) is 35.1 Å². The van der Waals surface area contributed by atoms with Gasteiger partial charge < -0.3 is 10.3 Å². The quantitative estimate of drug-likeness (QED) is 0.822. The molecule has 27 heavy (non-hydrogen) atoms. The Balaban J connectivity index is 1.48. The van der Waals surface area contributed by atoms with Gasteiger partial charge in [-0.2, -0.15) is 0 Å². The summed E-state index contributed by atoms with van der Waals surface area (Å²) in [6, 6.07) is 7.71. The zero-order valence-electron chi connectivity index (χ0n) is 15.4. The van der Waals surface area contributed by atoms with Gasteiger partial charge in [-0.05, 0) is 43.2 Å². The van der Waals surface area contributed by atoms with Crippen molar-refractivity contribution in [1.82, 2.24) is 15.3 Å². The molecule has 0 unspecified atom stereocenters. The van der Waals surface area contributed by atoms with Gasteiger partial charge in [0.2, 0.25) is 5.91 Å². The molecule has 2 saturated carbocycles. The maximum absolute atomic E-state index is 13.2. The Bertz CT molecular complexity index is 957. The number of fused-ring (bicyclic) bond motifs is 3. The lowest BCUT2D eigenvalue weighted by atomic mass is 9.81. The molecule has 3 aliphatic rings. The molecule has 2 fully saturated rings. The highest BCUT2D eigenvalue weighted by atomic mass is 16.2. The van der Waals surface area contributed by atoms with E-state index in [1.54, 1.807) is 6.07 Å². The summed E-state index contributed by atoms with van der Waals surface area (Å²) in [4.78, 5) is 33.4. The zero-order valence-corrected chi connectivity index (χ0v) is 15.4. The highest BCUT2D eigenvalue weighted by Gasteiger charge is 2.50. The third kappa shape index (κ3) is 2.89. The second-order valence-electron chi connectivity index (χ2n) is 8.31. The molecule has 5 heteroatoms. The molecule has 1 heterocycles. The minimum absolute atomic E-state index is 0.0408. The third-order valence-corrected chi connectivity index (χ3v) is 6.66. The molecule has 2 N–H and O–H groups in total. The summed E-state index contributed by atoms with van der Waals surface area (Å²) in [5.41, 5.74) is 0.586. The van der Waals surface area contributed by atoms with E-state index in [2.05, 4.69) is 22.5 Å². The minimum Gasteiger partial charge on any atom is -0.353 e. The van der Waals surface area contributed by atoms with E-state index in [1.165, 1.54) is 19.3 Å². The Hall–Kier alpha value is -2.43. The molecule has 0 aliphatic heterocycles. The van der Waals surface area contributed by atoms with Crippen molar-refractivity contribution in [2.24, 2.45) is 17.8 Å². The zero-order chi connectivity index (χ0) is 18.4. The van der Waals surface area contributed by atoms with Crippen molar-refractivity contribution in [3.05, 3.63) is 52.6 Å². The lowest BCUT2D eigenvalue weighted by Crippen LogP contribution is -2.43. The van der Waals surface area contributed by atoms with Gasteiger partial charge in [0.05, 0.1) is 16.8 Å². The maximum Gasteiger partial charge on any atom is 0.258 e. The number of hydrogen-bond acceptors (Lipinski definition) is 3. The number of rotatable bonds is 3. The smallest absolute Gasteiger partial charge is 0.258 e. The van der Waals surface area contributed by atoms with Crippen LogP contribution in [0.2, 0.25) is 0 Å². The normalized spacial score (nSPS) is 30.1. The van der Waals surface area contributed by atoms with Crippen LogP contribution in [0.3, 0.4) is 0 Å². The van der Waals surface area contributed by atoms with Crippen LogP contribution in [0.5, 0.6) is 0 Å². The van der Waals surface area contributed by atoms with Crippen LogP contribution in [-0.2, 0) is 4.79 Å². The van der Waals surface area contributed by atoms with E-state index in [1.807, 2.05) is 18.2 Å². The van der Waals surface area contributed by atoms with Crippen molar-refractivity contribution >= 4 is 16.8 Å². The average Bonchev–Trinajstić information content (AvgIpc) is 3.30. The Labute approximate surface area is 158 Å². The number of carbonyl (C=O) groups is 1. The number of para-hydroxylation sites is 1. The summed E-state index contributed by atoms with van der Waals surface area (Å²) in [5, 5.41) is 3.90. The van der Waals surface area contributed by atoms with Crippen LogP contribution < -0.4 is 10.9 Å². The molecule has 4 atom stereocenters. The Morgan fingerprint density at radius 2 is 1.85 bits per heavy atom. The van der Waals surface area contributed by atoms with Gasteiger partial charge in [0.15, 0.2) is 0 Å². The van der Waals surface area contributed by atoms with Crippen molar-refractivity contribution in [1.29, 1.82) is 0 Å². The highest BCUT2D eigenvalue weighted by Crippen LogP contribution is 2.52. The monoisotopic (exact) mass is 363 g/mol. The number of allylic oxidation sites excluding steroid dienone is 2. The van der Waals surface area contributed by atoms with Crippen LogP contribution in [0.15, 0.2) is 41.2 Å². The molecule has 0 radical (unpaired) electrons. The van der Waals surface area contributed by atoms with Crippen LogP contribution in [0.25, 0.3) is 10.9 Å². The predicted molar refractivity (Wildman–Crippen MR) is 104 cm³/mol. The van der Waals surface area contributed by atoms with Gasteiger partial charge in [-0.25, -0.2) is 4.98 Å². The molecule has 1 amide bonds. The number of hydrogen-bond donors (Lipinski definition) is 2. The fourth-order valence-corrected chi connectivity index (χ4v) is 5.36. The maximum atomic E-state index is 13.2. The molecule has 3 aliphatic carbocycles. The Morgan fingerprint density at radius 1 is 1.07 bits per heavy atom. The number of nitrogens with zero attached hydrogens (tertiary/aromatic N) is 1. The summed E-state index contributed by atoms with van der Waals surface area (Å²) in [5.74, 6) is 1.16. The van der Waals surface area contributed by atoms with Crippen LogP contribution in [-0.4, -0.2) is 21.9 Å². The molecule has 1 aromatic carbocycles. The first-order valence-electron chi connectivity index (χ1n) is 10.2. The van der Waals surface area contributed by atoms with Crippen molar-refractivity contribution in [3.8, 4) is 0 Å². The molecule has 0 spiro atoms. The topological polar surface area (TPSA) is 74.8 Å². The van der Waals surface area contributed by atoms with Crippen LogP contribution in [0.1, 0.15) is 50.3 Å². The Kier molecular flexibility index (Phi) is 4.10. The molecule has 5 rings (SSSR count). The van der Waals surface area contributed by atoms with Gasteiger partial charge in [0.1, 0.15) is 5.82 Å². The van der Waals surface area contributed by atoms with Crippen LogP contribution in [0, 0.1) is 17.8 Å². The second kappa shape index (κ2) is 6.63. The van der Waals surface area contributed by atoms with Gasteiger partial charge in [-0.15, -0.1) is 0 Å². The lowest BCUT2D eigenvalue weighted by Gasteiger charge is -2.30. The number of H-pyrrole nitrogens is 1. The SMILES string of the molecule is O=C(NC1CCCCC1)[C@@H]1[C@@H](c2nc3ccccc3c(=O)[nH]2)[C@@H]2C=C[C@H]1C2. The minimum atomic E-state index is -0.133. The third-order valence-electron chi connectivity index (χ3n) is 6.66. The molecule has 2 aromatic rings. The van der Waals surface area contributed by atoms with Crippen molar-refractivity contribution in [3.63, 3.8) is 0 Å². The van der Waals surface area contributed by atoms with E-state index in [9.17, 15) is 9.59 Å². The van der Waals surface area contributed by atoms with E-state index in [4.69, 9.17) is 4.98 Å². The first-order chi connectivity index (χ1) is 13.2. The molecular formula is C22H25N3O2. The summed E-state index contributed by atoms with van der Waals surface area (Å²) in [6.07, 6.45) is 11.2.